The highest BCUT2D eigenvalue weighted by Crippen LogP contribution is 2.38. The van der Waals surface area contributed by atoms with E-state index in [2.05, 4.69) is 4.98 Å². The Hall–Kier alpha value is -3.79. The number of imide groups is 1. The summed E-state index contributed by atoms with van der Waals surface area (Å²) in [6.07, 6.45) is 0. The SMILES string of the molecule is Cc1nc2ccccc2c2c1C(=O)N(C(c1ccccc1)c1ccccc1)C2=O. The summed E-state index contributed by atoms with van der Waals surface area (Å²) in [5.74, 6) is -0.567. The number of rotatable bonds is 3. The Kier molecular flexibility index (Phi) is 3.98. The minimum atomic E-state index is -0.497. The normalized spacial score (nSPS) is 13.4. The van der Waals surface area contributed by atoms with Crippen LogP contribution in [-0.4, -0.2) is 21.7 Å². The molecular weight excluding hydrogens is 360 g/mol. The van der Waals surface area contributed by atoms with Crippen molar-refractivity contribution in [2.75, 3.05) is 0 Å². The topological polar surface area (TPSA) is 50.3 Å². The number of hydrogen-bond donors (Lipinski definition) is 0. The Morgan fingerprint density at radius 3 is 1.83 bits per heavy atom. The van der Waals surface area contributed by atoms with Gasteiger partial charge >= 0.3 is 0 Å². The molecule has 0 radical (unpaired) electrons. The van der Waals surface area contributed by atoms with E-state index in [1.165, 1.54) is 4.90 Å². The molecule has 2 amide bonds. The highest BCUT2D eigenvalue weighted by atomic mass is 16.2. The van der Waals surface area contributed by atoms with E-state index in [9.17, 15) is 9.59 Å². The summed E-state index contributed by atoms with van der Waals surface area (Å²) in [6.45, 7) is 1.79. The van der Waals surface area contributed by atoms with Crippen LogP contribution in [0.4, 0.5) is 0 Å². The highest BCUT2D eigenvalue weighted by molar-refractivity contribution is 6.26. The number of carbonyl (C=O) groups is 2. The number of amides is 2. The molecule has 0 saturated heterocycles. The van der Waals surface area contributed by atoms with Gasteiger partial charge in [-0.15, -0.1) is 0 Å². The maximum absolute atomic E-state index is 13.6. The molecule has 0 saturated carbocycles. The molecule has 5 rings (SSSR count). The quantitative estimate of drug-likeness (QED) is 0.475. The van der Waals surface area contributed by atoms with Crippen LogP contribution < -0.4 is 0 Å². The van der Waals surface area contributed by atoms with Crippen LogP contribution in [0.25, 0.3) is 10.9 Å². The van der Waals surface area contributed by atoms with Gasteiger partial charge in [0.25, 0.3) is 11.8 Å². The zero-order valence-electron chi connectivity index (χ0n) is 15.9. The van der Waals surface area contributed by atoms with Crippen LogP contribution in [-0.2, 0) is 0 Å². The zero-order chi connectivity index (χ0) is 20.0. The van der Waals surface area contributed by atoms with Crippen LogP contribution in [0.15, 0.2) is 84.9 Å². The van der Waals surface area contributed by atoms with Crippen molar-refractivity contribution < 1.29 is 9.59 Å². The standard InChI is InChI=1S/C25H18N2O2/c1-16-21-22(19-14-8-9-15-20(19)26-16)25(29)27(24(21)28)23(17-10-4-2-5-11-17)18-12-6-3-7-13-18/h2-15,23H,1H3. The lowest BCUT2D eigenvalue weighted by Gasteiger charge is -2.27. The van der Waals surface area contributed by atoms with Crippen molar-refractivity contribution in [3.8, 4) is 0 Å². The van der Waals surface area contributed by atoms with E-state index < -0.39 is 6.04 Å². The average molecular weight is 378 g/mol. The third kappa shape index (κ3) is 2.64. The van der Waals surface area contributed by atoms with E-state index in [0.717, 1.165) is 16.6 Å². The van der Waals surface area contributed by atoms with E-state index >= 15 is 0 Å². The van der Waals surface area contributed by atoms with Crippen molar-refractivity contribution in [3.05, 3.63) is 113 Å². The molecule has 4 heteroatoms. The van der Waals surface area contributed by atoms with Crippen LogP contribution >= 0.6 is 0 Å². The highest BCUT2D eigenvalue weighted by Gasteiger charge is 2.43. The van der Waals surface area contributed by atoms with Gasteiger partial charge in [-0.1, -0.05) is 78.9 Å². The third-order valence-electron chi connectivity index (χ3n) is 5.43. The van der Waals surface area contributed by atoms with E-state index in [1.807, 2.05) is 84.9 Å². The van der Waals surface area contributed by atoms with Gasteiger partial charge in [-0.25, -0.2) is 0 Å². The van der Waals surface area contributed by atoms with Crippen molar-refractivity contribution in [2.24, 2.45) is 0 Å². The van der Waals surface area contributed by atoms with Crippen LogP contribution in [0.2, 0.25) is 0 Å². The van der Waals surface area contributed by atoms with Gasteiger partial charge in [-0.3, -0.25) is 19.5 Å². The lowest BCUT2D eigenvalue weighted by atomic mass is 9.97. The van der Waals surface area contributed by atoms with Crippen molar-refractivity contribution in [2.45, 2.75) is 13.0 Å². The fraction of sp³-hybridized carbons (Fsp3) is 0.0800. The number of nitrogens with zero attached hydrogens (tertiary/aromatic N) is 2. The largest absolute Gasteiger partial charge is 0.269 e. The summed E-state index contributed by atoms with van der Waals surface area (Å²) >= 11 is 0. The molecule has 29 heavy (non-hydrogen) atoms. The number of pyridine rings is 1. The minimum Gasteiger partial charge on any atom is -0.269 e. The molecule has 1 aromatic heterocycles. The summed E-state index contributed by atoms with van der Waals surface area (Å²) in [4.78, 5) is 33.1. The predicted octanol–water partition coefficient (Wildman–Crippen LogP) is 4.93. The number of aromatic nitrogens is 1. The molecule has 1 aliphatic heterocycles. The van der Waals surface area contributed by atoms with Crippen molar-refractivity contribution >= 4 is 22.7 Å². The van der Waals surface area contributed by atoms with Gasteiger partial charge in [0.2, 0.25) is 0 Å². The monoisotopic (exact) mass is 378 g/mol. The minimum absolute atomic E-state index is 0.274. The molecule has 0 N–H and O–H groups in total. The van der Waals surface area contributed by atoms with Crippen LogP contribution in [0, 0.1) is 6.92 Å². The zero-order valence-corrected chi connectivity index (χ0v) is 15.9. The Labute approximate surface area is 168 Å². The molecule has 140 valence electrons. The van der Waals surface area contributed by atoms with Gasteiger partial charge < -0.3 is 0 Å². The predicted molar refractivity (Wildman–Crippen MR) is 112 cm³/mol. The Balaban J connectivity index is 1.74. The number of carbonyl (C=O) groups excluding carboxylic acids is 2. The number of hydrogen-bond acceptors (Lipinski definition) is 3. The van der Waals surface area contributed by atoms with Gasteiger partial charge in [0.05, 0.1) is 28.4 Å². The molecule has 0 bridgehead atoms. The Morgan fingerprint density at radius 2 is 1.21 bits per heavy atom. The first-order chi connectivity index (χ1) is 14.2. The lowest BCUT2D eigenvalue weighted by molar-refractivity contribution is 0.0609. The fourth-order valence-electron chi connectivity index (χ4n) is 4.15. The van der Waals surface area contributed by atoms with E-state index in [1.54, 1.807) is 6.92 Å². The van der Waals surface area contributed by atoms with Crippen LogP contribution in [0.1, 0.15) is 43.6 Å². The molecule has 0 spiro atoms. The maximum atomic E-state index is 13.6. The van der Waals surface area contributed by atoms with Gasteiger partial charge in [0, 0.05) is 5.39 Å². The average Bonchev–Trinajstić information content (AvgIpc) is 3.02. The Bertz CT molecular complexity index is 1210. The molecule has 1 aliphatic rings. The second kappa shape index (κ2) is 6.67. The molecule has 4 nitrogen and oxygen atoms in total. The van der Waals surface area contributed by atoms with E-state index in [4.69, 9.17) is 0 Å². The molecule has 4 aromatic rings. The summed E-state index contributed by atoms with van der Waals surface area (Å²) in [7, 11) is 0. The number of para-hydroxylation sites is 1. The van der Waals surface area contributed by atoms with Crippen LogP contribution in [0.3, 0.4) is 0 Å². The summed E-state index contributed by atoms with van der Waals surface area (Å²) < 4.78 is 0. The van der Waals surface area contributed by atoms with Crippen molar-refractivity contribution in [1.82, 2.24) is 9.88 Å². The first-order valence-corrected chi connectivity index (χ1v) is 9.54. The maximum Gasteiger partial charge on any atom is 0.264 e. The molecule has 0 atom stereocenters. The van der Waals surface area contributed by atoms with Crippen LogP contribution in [0.5, 0.6) is 0 Å². The molecule has 0 aliphatic carbocycles. The second-order valence-electron chi connectivity index (χ2n) is 7.17. The first kappa shape index (κ1) is 17.3. The fourth-order valence-corrected chi connectivity index (χ4v) is 4.15. The third-order valence-corrected chi connectivity index (χ3v) is 5.43. The number of aryl methyl sites for hydroxylation is 1. The van der Waals surface area contributed by atoms with Gasteiger partial charge in [-0.05, 0) is 24.1 Å². The Morgan fingerprint density at radius 1 is 0.690 bits per heavy atom. The van der Waals surface area contributed by atoms with Gasteiger partial charge in [-0.2, -0.15) is 0 Å². The molecule has 0 unspecified atom stereocenters. The molecule has 3 aromatic carbocycles. The van der Waals surface area contributed by atoms with E-state index in [0.29, 0.717) is 22.2 Å². The molecular formula is C25H18N2O2. The number of fused-ring (bicyclic) bond motifs is 3. The molecule has 2 heterocycles. The van der Waals surface area contributed by atoms with E-state index in [-0.39, 0.29) is 11.8 Å². The summed E-state index contributed by atoms with van der Waals surface area (Å²) in [5.41, 5.74) is 3.95. The van der Waals surface area contributed by atoms with Crippen molar-refractivity contribution in [1.29, 1.82) is 0 Å². The van der Waals surface area contributed by atoms with Crippen molar-refractivity contribution in [3.63, 3.8) is 0 Å². The summed E-state index contributed by atoms with van der Waals surface area (Å²) in [6, 6.07) is 26.3. The smallest absolute Gasteiger partial charge is 0.264 e. The van der Waals surface area contributed by atoms with Gasteiger partial charge in [0.15, 0.2) is 0 Å². The second-order valence-corrected chi connectivity index (χ2v) is 7.17. The lowest BCUT2D eigenvalue weighted by Crippen LogP contribution is -2.34. The summed E-state index contributed by atoms with van der Waals surface area (Å²) in [5, 5.41) is 0.717. The number of benzene rings is 3. The molecule has 0 fully saturated rings. The van der Waals surface area contributed by atoms with Gasteiger partial charge in [0.1, 0.15) is 0 Å². The first-order valence-electron chi connectivity index (χ1n) is 9.54.